The first-order valence-electron chi connectivity index (χ1n) is 5.05. The molecule has 1 aromatic heterocycles. The first kappa shape index (κ1) is 11.6. The molecule has 0 unspecified atom stereocenters. The molecule has 0 aliphatic heterocycles. The average molecular weight is 285 g/mol. The van der Waals surface area contributed by atoms with E-state index in [1.165, 1.54) is 12.1 Å². The van der Waals surface area contributed by atoms with Crippen molar-refractivity contribution >= 4 is 26.8 Å². The zero-order valence-corrected chi connectivity index (χ0v) is 11.1. The van der Waals surface area contributed by atoms with Crippen molar-refractivity contribution in [1.82, 2.24) is 4.57 Å². The molecule has 2 nitrogen and oxygen atoms in total. The van der Waals surface area contributed by atoms with Gasteiger partial charge < -0.3 is 10.3 Å². The minimum absolute atomic E-state index is 0.236. The number of aromatic nitrogens is 1. The zero-order chi connectivity index (χ0) is 12.1. The van der Waals surface area contributed by atoms with Gasteiger partial charge in [-0.05, 0) is 48.0 Å². The van der Waals surface area contributed by atoms with E-state index in [1.807, 2.05) is 25.5 Å². The topological polar surface area (TPSA) is 30.9 Å². The van der Waals surface area contributed by atoms with Gasteiger partial charge in [0.25, 0.3) is 0 Å². The summed E-state index contributed by atoms with van der Waals surface area (Å²) in [6, 6.07) is 4.75. The van der Waals surface area contributed by atoms with Crippen molar-refractivity contribution in [3.05, 3.63) is 34.2 Å². The van der Waals surface area contributed by atoms with E-state index in [9.17, 15) is 4.39 Å². The highest BCUT2D eigenvalue weighted by Gasteiger charge is 2.24. The fourth-order valence-electron chi connectivity index (χ4n) is 2.09. The van der Waals surface area contributed by atoms with Crippen molar-refractivity contribution in [2.75, 3.05) is 0 Å². The van der Waals surface area contributed by atoms with Crippen LogP contribution in [0.1, 0.15) is 19.5 Å². The highest BCUT2D eigenvalue weighted by atomic mass is 79.9. The summed E-state index contributed by atoms with van der Waals surface area (Å²) in [4.78, 5) is 0. The van der Waals surface area contributed by atoms with Gasteiger partial charge in [0.05, 0.1) is 11.2 Å². The summed E-state index contributed by atoms with van der Waals surface area (Å²) in [5.74, 6) is -0.236. The fraction of sp³-hybridized carbons (Fsp3) is 0.333. The molecule has 0 atom stereocenters. The minimum Gasteiger partial charge on any atom is -0.345 e. The van der Waals surface area contributed by atoms with Crippen LogP contribution in [-0.4, -0.2) is 4.57 Å². The molecule has 86 valence electrons. The number of nitrogens with zero attached hydrogens (tertiary/aromatic N) is 1. The van der Waals surface area contributed by atoms with Crippen LogP contribution in [0.5, 0.6) is 0 Å². The van der Waals surface area contributed by atoms with E-state index in [1.54, 1.807) is 6.07 Å². The van der Waals surface area contributed by atoms with E-state index in [0.717, 1.165) is 21.1 Å². The third-order valence-electron chi connectivity index (χ3n) is 2.71. The lowest BCUT2D eigenvalue weighted by atomic mass is 10.0. The third kappa shape index (κ3) is 1.66. The Morgan fingerprint density at radius 2 is 2.00 bits per heavy atom. The van der Waals surface area contributed by atoms with Crippen molar-refractivity contribution in [2.24, 2.45) is 12.8 Å². The van der Waals surface area contributed by atoms with Gasteiger partial charge in [0, 0.05) is 22.4 Å². The second-order valence-corrected chi connectivity index (χ2v) is 5.40. The lowest BCUT2D eigenvalue weighted by molar-refractivity contribution is 0.513. The lowest BCUT2D eigenvalue weighted by Crippen LogP contribution is -2.31. The van der Waals surface area contributed by atoms with Crippen LogP contribution < -0.4 is 5.73 Å². The molecule has 2 rings (SSSR count). The van der Waals surface area contributed by atoms with E-state index in [0.29, 0.717) is 0 Å². The molecular weight excluding hydrogens is 271 g/mol. The summed E-state index contributed by atoms with van der Waals surface area (Å²) in [5.41, 5.74) is 7.59. The molecule has 0 amide bonds. The minimum atomic E-state index is -0.469. The van der Waals surface area contributed by atoms with Crippen LogP contribution in [-0.2, 0) is 12.6 Å². The van der Waals surface area contributed by atoms with Crippen LogP contribution >= 0.6 is 15.9 Å². The highest BCUT2D eigenvalue weighted by molar-refractivity contribution is 9.10. The Balaban J connectivity index is 2.87. The molecule has 0 saturated heterocycles. The molecule has 1 aromatic carbocycles. The monoisotopic (exact) mass is 284 g/mol. The Morgan fingerprint density at radius 3 is 2.56 bits per heavy atom. The molecule has 1 heterocycles. The number of halogens is 2. The van der Waals surface area contributed by atoms with Crippen molar-refractivity contribution in [1.29, 1.82) is 0 Å². The first-order valence-corrected chi connectivity index (χ1v) is 5.84. The standard InChI is InChI=1S/C12H14BrFN2/c1-12(2,15)11-10(13)8-6-7(14)4-5-9(8)16(11)3/h4-6H,15H2,1-3H3. The quantitative estimate of drug-likeness (QED) is 0.856. The van der Waals surface area contributed by atoms with Gasteiger partial charge in [-0.15, -0.1) is 0 Å². The Morgan fingerprint density at radius 1 is 1.38 bits per heavy atom. The van der Waals surface area contributed by atoms with E-state index in [2.05, 4.69) is 15.9 Å². The van der Waals surface area contributed by atoms with Crippen LogP contribution in [0.3, 0.4) is 0 Å². The molecule has 0 fully saturated rings. The Labute approximate surface area is 102 Å². The zero-order valence-electron chi connectivity index (χ0n) is 9.51. The van der Waals surface area contributed by atoms with Crippen molar-refractivity contribution in [3.63, 3.8) is 0 Å². The first-order chi connectivity index (χ1) is 7.32. The summed E-state index contributed by atoms with van der Waals surface area (Å²) in [7, 11) is 1.94. The Kier molecular flexibility index (Phi) is 2.59. The molecule has 4 heteroatoms. The molecule has 2 aromatic rings. The molecule has 0 saturated carbocycles. The van der Waals surface area contributed by atoms with Crippen LogP contribution in [0.4, 0.5) is 4.39 Å². The Hall–Kier alpha value is -0.870. The van der Waals surface area contributed by atoms with Gasteiger partial charge in [-0.3, -0.25) is 0 Å². The van der Waals surface area contributed by atoms with E-state index in [-0.39, 0.29) is 5.82 Å². The molecular formula is C12H14BrFN2. The van der Waals surface area contributed by atoms with Crippen LogP contribution in [0.2, 0.25) is 0 Å². The summed E-state index contributed by atoms with van der Waals surface area (Å²) < 4.78 is 16.1. The van der Waals surface area contributed by atoms with Gasteiger partial charge >= 0.3 is 0 Å². The van der Waals surface area contributed by atoms with Crippen molar-refractivity contribution in [2.45, 2.75) is 19.4 Å². The molecule has 0 aliphatic rings. The maximum atomic E-state index is 13.2. The largest absolute Gasteiger partial charge is 0.345 e. The van der Waals surface area contributed by atoms with Gasteiger partial charge in [0.2, 0.25) is 0 Å². The normalized spacial score (nSPS) is 12.4. The Bertz CT molecular complexity index is 552. The van der Waals surface area contributed by atoms with Crippen molar-refractivity contribution in [3.8, 4) is 0 Å². The predicted octanol–water partition coefficient (Wildman–Crippen LogP) is 3.27. The third-order valence-corrected chi connectivity index (χ3v) is 3.51. The molecule has 0 aliphatic carbocycles. The summed E-state index contributed by atoms with van der Waals surface area (Å²) >= 11 is 3.51. The van der Waals surface area contributed by atoms with E-state index >= 15 is 0 Å². The molecule has 0 radical (unpaired) electrons. The number of hydrogen-bond donors (Lipinski definition) is 1. The van der Waals surface area contributed by atoms with Gasteiger partial charge in [0.15, 0.2) is 0 Å². The van der Waals surface area contributed by atoms with Crippen LogP contribution in [0, 0.1) is 5.82 Å². The number of benzene rings is 1. The van der Waals surface area contributed by atoms with Crippen LogP contribution in [0.15, 0.2) is 22.7 Å². The number of aryl methyl sites for hydroxylation is 1. The van der Waals surface area contributed by atoms with E-state index in [4.69, 9.17) is 5.73 Å². The molecule has 0 spiro atoms. The fourth-order valence-corrected chi connectivity index (χ4v) is 3.18. The van der Waals surface area contributed by atoms with Gasteiger partial charge in [-0.2, -0.15) is 0 Å². The molecule has 0 bridgehead atoms. The second kappa shape index (κ2) is 3.57. The second-order valence-electron chi connectivity index (χ2n) is 4.60. The number of rotatable bonds is 1. The van der Waals surface area contributed by atoms with Crippen molar-refractivity contribution < 1.29 is 4.39 Å². The average Bonchev–Trinajstić information content (AvgIpc) is 2.38. The number of nitrogens with two attached hydrogens (primary N) is 1. The van der Waals surface area contributed by atoms with Crippen LogP contribution in [0.25, 0.3) is 10.9 Å². The van der Waals surface area contributed by atoms with Gasteiger partial charge in [0.1, 0.15) is 5.82 Å². The molecule has 16 heavy (non-hydrogen) atoms. The highest BCUT2D eigenvalue weighted by Crippen LogP contribution is 2.35. The number of fused-ring (bicyclic) bond motifs is 1. The predicted molar refractivity (Wildman–Crippen MR) is 67.8 cm³/mol. The molecule has 2 N–H and O–H groups in total. The maximum absolute atomic E-state index is 13.2. The van der Waals surface area contributed by atoms with E-state index < -0.39 is 5.54 Å². The summed E-state index contributed by atoms with van der Waals surface area (Å²) in [6.07, 6.45) is 0. The van der Waals surface area contributed by atoms with Gasteiger partial charge in [-0.1, -0.05) is 0 Å². The number of hydrogen-bond acceptors (Lipinski definition) is 1. The van der Waals surface area contributed by atoms with Gasteiger partial charge in [-0.25, -0.2) is 4.39 Å². The summed E-state index contributed by atoms with van der Waals surface area (Å²) in [6.45, 7) is 3.87. The summed E-state index contributed by atoms with van der Waals surface area (Å²) in [5, 5.41) is 0.857. The SMILES string of the molecule is Cn1c(C(C)(C)N)c(Br)c2cc(F)ccc21. The smallest absolute Gasteiger partial charge is 0.123 e. The maximum Gasteiger partial charge on any atom is 0.123 e. The lowest BCUT2D eigenvalue weighted by Gasteiger charge is -2.20.